The molecule has 2 aliphatic rings. The second-order valence-corrected chi connectivity index (χ2v) is 20.0. The average molecular weight is 1020 g/mol. The van der Waals surface area contributed by atoms with Gasteiger partial charge in [0.1, 0.15) is 11.7 Å². The zero-order valence-corrected chi connectivity index (χ0v) is 46.3. The Hall–Kier alpha value is -6.38. The van der Waals surface area contributed by atoms with Crippen molar-refractivity contribution in [3.8, 4) is 0 Å². The number of aliphatic imine (C=N–C) groups is 2. The molecule has 1 atom stereocenters. The molecule has 2 aliphatic heterocycles. The number of Topliss-reactive ketones (excluding diaryl/α,β-unsaturated/α-hetero) is 3. The van der Waals surface area contributed by atoms with Crippen molar-refractivity contribution < 1.29 is 28.7 Å². The summed E-state index contributed by atoms with van der Waals surface area (Å²) in [5.41, 5.74) is 15.0. The number of nitrogens with two attached hydrogens (primary N) is 1. The van der Waals surface area contributed by atoms with Crippen LogP contribution in [0.4, 0.5) is 5.69 Å². The van der Waals surface area contributed by atoms with E-state index in [1.54, 1.807) is 26.0 Å². The number of benzene rings is 3. The van der Waals surface area contributed by atoms with E-state index in [9.17, 15) is 24.0 Å². The number of unbranched alkanes of at least 4 members (excludes halogenated alkanes) is 2. The Balaban J connectivity index is 0.000000333. The molecule has 0 spiro atoms. The van der Waals surface area contributed by atoms with Gasteiger partial charge in [-0.2, -0.15) is 0 Å². The number of hydrogen-bond acceptors (Lipinski definition) is 11. The average Bonchev–Trinajstić information content (AvgIpc) is 3.82. The second kappa shape index (κ2) is 32.7. The van der Waals surface area contributed by atoms with E-state index in [0.717, 1.165) is 69.5 Å². The molecule has 0 aliphatic carbocycles. The number of amidine groups is 2. The Kier molecular flexibility index (Phi) is 27.4. The first-order valence-electron chi connectivity index (χ1n) is 26.8. The molecular formula is C60H86N8O6. The molecule has 5 N–H and O–H groups in total. The molecule has 0 saturated carbocycles. The highest BCUT2D eigenvalue weighted by molar-refractivity contribution is 6.10. The quantitative estimate of drug-likeness (QED) is 0.0208. The summed E-state index contributed by atoms with van der Waals surface area (Å²) in [6.07, 6.45) is 13.0. The van der Waals surface area contributed by atoms with Crippen LogP contribution in [-0.4, -0.2) is 84.4 Å². The maximum absolute atomic E-state index is 12.8. The van der Waals surface area contributed by atoms with E-state index in [1.807, 2.05) is 30.3 Å². The van der Waals surface area contributed by atoms with Crippen LogP contribution in [0.15, 0.2) is 106 Å². The van der Waals surface area contributed by atoms with Crippen LogP contribution in [0.25, 0.3) is 0 Å². The monoisotopic (exact) mass is 1010 g/mol. The molecule has 1 unspecified atom stereocenters. The lowest BCUT2D eigenvalue weighted by molar-refractivity contribution is -0.136. The number of imide groups is 1. The molecule has 0 bridgehead atoms. The third-order valence-corrected chi connectivity index (χ3v) is 12.4. The van der Waals surface area contributed by atoms with Crippen LogP contribution in [0.3, 0.4) is 0 Å². The maximum Gasteiger partial charge on any atom is 0.230 e. The molecule has 1 fully saturated rings. The van der Waals surface area contributed by atoms with Gasteiger partial charge < -0.3 is 20.7 Å². The predicted octanol–water partition coefficient (Wildman–Crippen LogP) is 11.3. The van der Waals surface area contributed by atoms with Crippen molar-refractivity contribution in [1.82, 2.24) is 21.0 Å². The molecule has 5 rings (SSSR count). The molecule has 0 radical (unpaired) electrons. The molecule has 1 saturated heterocycles. The SMILES string of the molecule is C=C/C(C(N)=NC(C)=Nc1ccc(C(C)=O)c(C(C)(C)C)c1)=C1/NN=C(CCNCCC)O1.CCCN(CCC)CCCCCc1ccc(C(=O)CC2CCC(=O)NC2=O)c(C(C)=O)c1.CCCc1ccccc1. The molecule has 2 heterocycles. The van der Waals surface area contributed by atoms with Crippen LogP contribution in [0.2, 0.25) is 0 Å². The number of aryl methyl sites for hydroxylation is 2. The summed E-state index contributed by atoms with van der Waals surface area (Å²) in [6.45, 7) is 28.8. The number of rotatable bonds is 25. The third kappa shape index (κ3) is 21.6. The van der Waals surface area contributed by atoms with Crippen molar-refractivity contribution in [2.24, 2.45) is 26.7 Å². The summed E-state index contributed by atoms with van der Waals surface area (Å²) in [7, 11) is 0. The number of hydrazone groups is 1. The Morgan fingerprint density at radius 1 is 0.811 bits per heavy atom. The highest BCUT2D eigenvalue weighted by Gasteiger charge is 2.30. The standard InChI is InChI=1S/C26H38N2O4.C25H36N6O2.C9H12/c1-4-14-28(15-5-2)16-8-6-7-9-20-10-12-22(23(17-20)19(3)29)24(30)18-21-11-13-25(31)27-26(21)32;1-8-13-27-14-12-22-30-31-24(33-22)19(9-2)23(26)29-17(4)28-18-10-11-20(16(3)32)21(15-18)25(5,6)7;1-2-6-9-7-4-3-5-8-9/h10,12,17,21H,4-9,11,13-16,18H2,1-3H3,(H,27,31,32);9-11,15,27,31H,2,8,12-14H2,1,3-7H3,(H2,26,28,29);3-5,7-8H,2,6H2,1H3/b;24-19+;. The van der Waals surface area contributed by atoms with Gasteiger partial charge in [-0.1, -0.05) is 116 Å². The van der Waals surface area contributed by atoms with Gasteiger partial charge in [0.25, 0.3) is 0 Å². The van der Waals surface area contributed by atoms with E-state index in [0.29, 0.717) is 58.4 Å². The first-order chi connectivity index (χ1) is 35.3. The minimum Gasteiger partial charge on any atom is -0.423 e. The molecule has 14 nitrogen and oxygen atoms in total. The van der Waals surface area contributed by atoms with Crippen molar-refractivity contribution >= 4 is 52.4 Å². The van der Waals surface area contributed by atoms with Gasteiger partial charge in [-0.3, -0.25) is 29.3 Å². The van der Waals surface area contributed by atoms with E-state index in [2.05, 4.69) is 121 Å². The molecule has 2 amide bonds. The summed E-state index contributed by atoms with van der Waals surface area (Å²) >= 11 is 0. The number of nitrogens with one attached hydrogen (secondary N) is 3. The molecule has 74 heavy (non-hydrogen) atoms. The lowest BCUT2D eigenvalue weighted by Gasteiger charge is -2.22. The summed E-state index contributed by atoms with van der Waals surface area (Å²) in [4.78, 5) is 71.9. The number of amides is 2. The molecule has 402 valence electrons. The number of piperidine rings is 1. The van der Waals surface area contributed by atoms with E-state index < -0.39 is 11.8 Å². The van der Waals surface area contributed by atoms with Gasteiger partial charge >= 0.3 is 0 Å². The smallest absolute Gasteiger partial charge is 0.230 e. The Morgan fingerprint density at radius 3 is 2.11 bits per heavy atom. The fraction of sp³-hybridized carbons (Fsp3) is 0.500. The van der Waals surface area contributed by atoms with Crippen molar-refractivity contribution in [2.75, 3.05) is 32.7 Å². The van der Waals surface area contributed by atoms with E-state index in [-0.39, 0.29) is 47.3 Å². The van der Waals surface area contributed by atoms with E-state index in [4.69, 9.17) is 10.5 Å². The van der Waals surface area contributed by atoms with Crippen LogP contribution in [0.5, 0.6) is 0 Å². The lowest BCUT2D eigenvalue weighted by atomic mass is 9.82. The zero-order chi connectivity index (χ0) is 54.6. The van der Waals surface area contributed by atoms with Gasteiger partial charge in [0.2, 0.25) is 23.6 Å². The van der Waals surface area contributed by atoms with Crippen molar-refractivity contribution in [1.29, 1.82) is 0 Å². The third-order valence-electron chi connectivity index (χ3n) is 12.4. The van der Waals surface area contributed by atoms with Crippen LogP contribution < -0.4 is 21.8 Å². The summed E-state index contributed by atoms with van der Waals surface area (Å²) in [5.74, 6) is 0.107. The van der Waals surface area contributed by atoms with Crippen LogP contribution >= 0.6 is 0 Å². The molecule has 3 aromatic carbocycles. The van der Waals surface area contributed by atoms with Crippen LogP contribution in [0, 0.1) is 5.92 Å². The summed E-state index contributed by atoms with van der Waals surface area (Å²) in [5, 5.41) is 9.79. The van der Waals surface area contributed by atoms with Gasteiger partial charge in [-0.05, 0) is 145 Å². The number of ketones is 3. The predicted molar refractivity (Wildman–Crippen MR) is 302 cm³/mol. The lowest BCUT2D eigenvalue weighted by Crippen LogP contribution is -2.41. The van der Waals surface area contributed by atoms with Gasteiger partial charge in [-0.25, -0.2) is 15.4 Å². The highest BCUT2D eigenvalue weighted by Crippen LogP contribution is 2.30. The van der Waals surface area contributed by atoms with Gasteiger partial charge in [0.05, 0.1) is 11.3 Å². The maximum atomic E-state index is 12.8. The van der Waals surface area contributed by atoms with Gasteiger partial charge in [0, 0.05) is 48.4 Å². The molecule has 0 aromatic heterocycles. The first kappa shape index (κ1) is 61.9. The van der Waals surface area contributed by atoms with E-state index in [1.165, 1.54) is 44.6 Å². The largest absolute Gasteiger partial charge is 0.423 e. The Labute approximate surface area is 442 Å². The normalized spacial score (nSPS) is 15.4. The number of carbonyl (C=O) groups excluding carboxylic acids is 5. The van der Waals surface area contributed by atoms with Crippen LogP contribution in [-0.2, 0) is 32.6 Å². The highest BCUT2D eigenvalue weighted by atomic mass is 16.5. The first-order valence-corrected chi connectivity index (χ1v) is 26.8. The van der Waals surface area contributed by atoms with Crippen LogP contribution in [0.1, 0.15) is 188 Å². The Morgan fingerprint density at radius 2 is 1.50 bits per heavy atom. The van der Waals surface area contributed by atoms with E-state index >= 15 is 0 Å². The fourth-order valence-corrected chi connectivity index (χ4v) is 8.58. The second-order valence-electron chi connectivity index (χ2n) is 20.0. The van der Waals surface area contributed by atoms with Gasteiger partial charge in [0.15, 0.2) is 17.3 Å². The number of hydrogen-bond donors (Lipinski definition) is 4. The fourth-order valence-electron chi connectivity index (χ4n) is 8.58. The van der Waals surface area contributed by atoms with Gasteiger partial charge in [-0.15, -0.1) is 5.10 Å². The zero-order valence-electron chi connectivity index (χ0n) is 46.3. The summed E-state index contributed by atoms with van der Waals surface area (Å²) < 4.78 is 5.78. The minimum absolute atomic E-state index is 0.0186. The molecule has 3 aromatic rings. The number of ether oxygens (including phenoxy) is 1. The molecular weight excluding hydrogens is 929 g/mol. The number of nitrogens with zero attached hydrogens (tertiary/aromatic N) is 4. The van der Waals surface area contributed by atoms with Crippen molar-refractivity contribution in [3.05, 3.63) is 124 Å². The molecule has 14 heteroatoms. The van der Waals surface area contributed by atoms with Crippen molar-refractivity contribution in [3.63, 3.8) is 0 Å². The topological polar surface area (TPSA) is 197 Å². The minimum atomic E-state index is -0.514. The van der Waals surface area contributed by atoms with Crippen molar-refractivity contribution in [2.45, 2.75) is 158 Å². The number of carbonyl (C=O) groups is 5. The Bertz CT molecular complexity index is 2460. The summed E-state index contributed by atoms with van der Waals surface area (Å²) in [6, 6.07) is 21.6.